The zero-order chi connectivity index (χ0) is 19.2. The molecule has 0 spiro atoms. The average Bonchev–Trinajstić information content (AvgIpc) is 2.72. The Hall–Kier alpha value is -2.12. The second-order valence-corrected chi connectivity index (χ2v) is 7.34. The first kappa shape index (κ1) is 19.6. The van der Waals surface area contributed by atoms with Gasteiger partial charge in [-0.3, -0.25) is 9.69 Å². The predicted octanol–water partition coefficient (Wildman–Crippen LogP) is 1.74. The molecule has 27 heavy (non-hydrogen) atoms. The van der Waals surface area contributed by atoms with Crippen molar-refractivity contribution in [3.05, 3.63) is 35.9 Å². The lowest BCUT2D eigenvalue weighted by molar-refractivity contribution is -0.144. The topological polar surface area (TPSA) is 73.3 Å². The molecule has 0 radical (unpaired) electrons. The van der Waals surface area contributed by atoms with Gasteiger partial charge in [0.05, 0.1) is 5.92 Å². The molecule has 2 fully saturated rings. The van der Waals surface area contributed by atoms with Gasteiger partial charge in [0.25, 0.3) is 0 Å². The number of carboxylic acid groups (broad SMARTS) is 1. The van der Waals surface area contributed by atoms with Crippen LogP contribution in [0.1, 0.15) is 18.9 Å². The smallest absolute Gasteiger partial charge is 0.410 e. The van der Waals surface area contributed by atoms with Crippen LogP contribution in [0, 0.1) is 5.92 Å². The van der Waals surface area contributed by atoms with E-state index in [0.717, 1.165) is 38.3 Å². The van der Waals surface area contributed by atoms with E-state index in [1.54, 1.807) is 4.90 Å². The molecule has 0 saturated carbocycles. The third kappa shape index (κ3) is 5.20. The standard InChI is InChI=1S/C20H29N3O4/c1-2-21-8-10-22(11-9-21)18-12-17(19(24)25)13-23(14-18)20(26)27-15-16-6-4-3-5-7-16/h3-7,17-18H,2,8-15H2,1H3,(H,24,25)/t17-,18-/m0/s1. The summed E-state index contributed by atoms with van der Waals surface area (Å²) in [5.74, 6) is -1.38. The first-order chi connectivity index (χ1) is 13.1. The van der Waals surface area contributed by atoms with Gasteiger partial charge in [0.15, 0.2) is 0 Å². The highest BCUT2D eigenvalue weighted by Gasteiger charge is 2.37. The van der Waals surface area contributed by atoms with E-state index in [1.165, 1.54) is 0 Å². The molecule has 2 atom stereocenters. The lowest BCUT2D eigenvalue weighted by Gasteiger charge is -2.44. The highest BCUT2D eigenvalue weighted by atomic mass is 16.6. The zero-order valence-corrected chi connectivity index (χ0v) is 15.9. The highest BCUT2D eigenvalue weighted by molar-refractivity contribution is 5.73. The van der Waals surface area contributed by atoms with Crippen molar-refractivity contribution in [3.8, 4) is 0 Å². The van der Waals surface area contributed by atoms with E-state index in [2.05, 4.69) is 16.7 Å². The molecule has 0 bridgehead atoms. The number of benzene rings is 1. The molecule has 1 aromatic rings. The van der Waals surface area contributed by atoms with Crippen molar-refractivity contribution in [1.29, 1.82) is 0 Å². The van der Waals surface area contributed by atoms with Crippen LogP contribution >= 0.6 is 0 Å². The molecule has 2 aliphatic heterocycles. The molecule has 7 nitrogen and oxygen atoms in total. The lowest BCUT2D eigenvalue weighted by atomic mass is 9.93. The number of carboxylic acids is 1. The number of carbonyl (C=O) groups is 2. The van der Waals surface area contributed by atoms with E-state index < -0.39 is 18.0 Å². The van der Waals surface area contributed by atoms with Crippen molar-refractivity contribution in [2.24, 2.45) is 5.92 Å². The number of hydrogen-bond acceptors (Lipinski definition) is 5. The molecule has 2 saturated heterocycles. The van der Waals surface area contributed by atoms with E-state index in [4.69, 9.17) is 4.74 Å². The summed E-state index contributed by atoms with van der Waals surface area (Å²) in [7, 11) is 0. The van der Waals surface area contributed by atoms with Gasteiger partial charge in [-0.2, -0.15) is 0 Å². The molecular formula is C20H29N3O4. The minimum Gasteiger partial charge on any atom is -0.481 e. The Bertz CT molecular complexity index is 631. The van der Waals surface area contributed by atoms with E-state index in [-0.39, 0.29) is 19.2 Å². The van der Waals surface area contributed by atoms with Crippen LogP contribution in [0.15, 0.2) is 30.3 Å². The third-order valence-corrected chi connectivity index (χ3v) is 5.61. The summed E-state index contributed by atoms with van der Waals surface area (Å²) in [5, 5.41) is 9.54. The monoisotopic (exact) mass is 375 g/mol. The number of likely N-dealkylation sites (N-methyl/N-ethyl adjacent to an activating group) is 1. The van der Waals surface area contributed by atoms with Gasteiger partial charge in [0.2, 0.25) is 0 Å². The van der Waals surface area contributed by atoms with E-state index in [0.29, 0.717) is 13.0 Å². The number of amides is 1. The minimum absolute atomic E-state index is 0.0723. The van der Waals surface area contributed by atoms with Crippen molar-refractivity contribution >= 4 is 12.1 Å². The summed E-state index contributed by atoms with van der Waals surface area (Å²) in [5.41, 5.74) is 0.921. The highest BCUT2D eigenvalue weighted by Crippen LogP contribution is 2.23. The maximum atomic E-state index is 12.6. The summed E-state index contributed by atoms with van der Waals surface area (Å²) in [6, 6.07) is 9.59. The SMILES string of the molecule is CCN1CCN([C@H]2C[C@H](C(=O)O)CN(C(=O)OCc3ccccc3)C2)CC1. The molecule has 7 heteroatoms. The number of hydrogen-bond donors (Lipinski definition) is 1. The van der Waals surface area contributed by atoms with Crippen LogP contribution < -0.4 is 0 Å². The Balaban J connectivity index is 1.60. The molecular weight excluding hydrogens is 346 g/mol. The van der Waals surface area contributed by atoms with Crippen LogP contribution in [-0.2, 0) is 16.1 Å². The number of carbonyl (C=O) groups excluding carboxylic acids is 1. The van der Waals surface area contributed by atoms with Crippen LogP contribution in [0.5, 0.6) is 0 Å². The number of piperazine rings is 1. The third-order valence-electron chi connectivity index (χ3n) is 5.61. The Morgan fingerprint density at radius 3 is 2.44 bits per heavy atom. The predicted molar refractivity (Wildman–Crippen MR) is 101 cm³/mol. The van der Waals surface area contributed by atoms with E-state index in [9.17, 15) is 14.7 Å². The largest absolute Gasteiger partial charge is 0.481 e. The van der Waals surface area contributed by atoms with Gasteiger partial charge in [-0.15, -0.1) is 0 Å². The molecule has 0 aromatic heterocycles. The number of nitrogens with zero attached hydrogens (tertiary/aromatic N) is 3. The molecule has 3 rings (SSSR count). The summed E-state index contributed by atoms with van der Waals surface area (Å²) < 4.78 is 5.43. The second kappa shape index (κ2) is 9.19. The maximum Gasteiger partial charge on any atom is 0.410 e. The van der Waals surface area contributed by atoms with Gasteiger partial charge < -0.3 is 19.6 Å². The first-order valence-corrected chi connectivity index (χ1v) is 9.71. The molecule has 2 aliphatic rings. The van der Waals surface area contributed by atoms with Gasteiger partial charge in [-0.1, -0.05) is 37.3 Å². The maximum absolute atomic E-state index is 12.6. The van der Waals surface area contributed by atoms with Gasteiger partial charge in [0.1, 0.15) is 6.61 Å². The zero-order valence-electron chi connectivity index (χ0n) is 15.9. The number of likely N-dealkylation sites (tertiary alicyclic amines) is 1. The molecule has 0 aliphatic carbocycles. The Morgan fingerprint density at radius 1 is 1.11 bits per heavy atom. The van der Waals surface area contributed by atoms with Gasteiger partial charge in [-0.25, -0.2) is 4.79 Å². The fourth-order valence-corrected chi connectivity index (χ4v) is 3.92. The average molecular weight is 375 g/mol. The fraction of sp³-hybridized carbons (Fsp3) is 0.600. The van der Waals surface area contributed by atoms with Crippen LogP contribution in [-0.4, -0.2) is 83.7 Å². The summed E-state index contributed by atoms with van der Waals surface area (Å²) in [6.07, 6.45) is 0.159. The second-order valence-electron chi connectivity index (χ2n) is 7.34. The molecule has 1 amide bonds. The Kier molecular flexibility index (Phi) is 6.68. The Labute approximate surface area is 160 Å². The summed E-state index contributed by atoms with van der Waals surface area (Å²) in [6.45, 7) is 7.95. The van der Waals surface area contributed by atoms with Gasteiger partial charge >= 0.3 is 12.1 Å². The van der Waals surface area contributed by atoms with Crippen molar-refractivity contribution in [3.63, 3.8) is 0 Å². The first-order valence-electron chi connectivity index (χ1n) is 9.71. The molecule has 2 heterocycles. The van der Waals surface area contributed by atoms with Crippen LogP contribution in [0.2, 0.25) is 0 Å². The molecule has 1 N–H and O–H groups in total. The number of piperidine rings is 1. The normalized spacial score (nSPS) is 24.6. The lowest BCUT2D eigenvalue weighted by Crippen LogP contribution is -2.58. The summed E-state index contributed by atoms with van der Waals surface area (Å²) in [4.78, 5) is 30.5. The summed E-state index contributed by atoms with van der Waals surface area (Å²) >= 11 is 0. The minimum atomic E-state index is -0.840. The molecule has 0 unspecified atom stereocenters. The van der Waals surface area contributed by atoms with Crippen LogP contribution in [0.25, 0.3) is 0 Å². The number of rotatable bonds is 5. The van der Waals surface area contributed by atoms with Crippen molar-refractivity contribution in [1.82, 2.24) is 14.7 Å². The van der Waals surface area contributed by atoms with Crippen molar-refractivity contribution in [2.75, 3.05) is 45.8 Å². The molecule has 148 valence electrons. The molecule has 1 aromatic carbocycles. The van der Waals surface area contributed by atoms with Gasteiger partial charge in [0, 0.05) is 45.3 Å². The van der Waals surface area contributed by atoms with Crippen LogP contribution in [0.4, 0.5) is 4.79 Å². The number of aliphatic carboxylic acids is 1. The van der Waals surface area contributed by atoms with E-state index in [1.807, 2.05) is 30.3 Å². The number of ether oxygens (including phenoxy) is 1. The van der Waals surface area contributed by atoms with Crippen LogP contribution in [0.3, 0.4) is 0 Å². The fourth-order valence-electron chi connectivity index (χ4n) is 3.92. The van der Waals surface area contributed by atoms with Crippen molar-refractivity contribution in [2.45, 2.75) is 26.0 Å². The van der Waals surface area contributed by atoms with E-state index >= 15 is 0 Å². The Morgan fingerprint density at radius 2 is 1.81 bits per heavy atom. The van der Waals surface area contributed by atoms with Gasteiger partial charge in [-0.05, 0) is 18.5 Å². The quantitative estimate of drug-likeness (QED) is 0.845. The van der Waals surface area contributed by atoms with Crippen molar-refractivity contribution < 1.29 is 19.4 Å².